The topological polar surface area (TPSA) is 37.5 Å². The molecule has 1 aliphatic rings. The molecule has 118 valence electrons. The first-order chi connectivity index (χ1) is 11.7. The monoisotopic (exact) mass is 318 g/mol. The van der Waals surface area contributed by atoms with Crippen molar-refractivity contribution in [1.29, 1.82) is 0 Å². The lowest BCUT2D eigenvalue weighted by Crippen LogP contribution is -2.21. The Balaban J connectivity index is 1.67. The van der Waals surface area contributed by atoms with Gasteiger partial charge in [0.05, 0.1) is 12.8 Å². The van der Waals surface area contributed by atoms with Gasteiger partial charge in [-0.3, -0.25) is 4.99 Å². The SMILES string of the molecule is [B]c1cc(CCc2c(F)cccc2C2=NCCN2)c2occc2c1. The number of amidine groups is 1. The van der Waals surface area contributed by atoms with Crippen molar-refractivity contribution in [2.45, 2.75) is 12.8 Å². The molecule has 24 heavy (non-hydrogen) atoms. The molecule has 1 N–H and O–H groups in total. The van der Waals surface area contributed by atoms with E-state index in [1.165, 1.54) is 6.07 Å². The van der Waals surface area contributed by atoms with Gasteiger partial charge in [0, 0.05) is 17.5 Å². The van der Waals surface area contributed by atoms with Crippen molar-refractivity contribution >= 4 is 30.1 Å². The molecule has 0 fully saturated rings. The van der Waals surface area contributed by atoms with Crippen LogP contribution in [0.15, 0.2) is 52.1 Å². The predicted molar refractivity (Wildman–Crippen MR) is 94.8 cm³/mol. The Morgan fingerprint density at radius 3 is 2.96 bits per heavy atom. The fraction of sp³-hybridized carbons (Fsp3) is 0.211. The maximum Gasteiger partial charge on any atom is 0.136 e. The second kappa shape index (κ2) is 6.15. The summed E-state index contributed by atoms with van der Waals surface area (Å²) in [5.41, 5.74) is 4.01. The third-order valence-electron chi connectivity index (χ3n) is 4.34. The van der Waals surface area contributed by atoms with Gasteiger partial charge in [0.2, 0.25) is 0 Å². The number of fused-ring (bicyclic) bond motifs is 1. The molecule has 0 aliphatic carbocycles. The third-order valence-corrected chi connectivity index (χ3v) is 4.34. The van der Waals surface area contributed by atoms with E-state index in [4.69, 9.17) is 12.3 Å². The summed E-state index contributed by atoms with van der Waals surface area (Å²) in [6.07, 6.45) is 2.86. The molecule has 2 heterocycles. The number of aryl methyl sites for hydroxylation is 1. The lowest BCUT2D eigenvalue weighted by Gasteiger charge is -2.12. The van der Waals surface area contributed by atoms with Gasteiger partial charge in [-0.2, -0.15) is 0 Å². The second-order valence-corrected chi connectivity index (χ2v) is 5.94. The van der Waals surface area contributed by atoms with Crippen LogP contribution in [0.2, 0.25) is 0 Å². The van der Waals surface area contributed by atoms with Crippen molar-refractivity contribution in [3.8, 4) is 0 Å². The van der Waals surface area contributed by atoms with Gasteiger partial charge in [0.25, 0.3) is 0 Å². The minimum absolute atomic E-state index is 0.205. The summed E-state index contributed by atoms with van der Waals surface area (Å²) in [5.74, 6) is 0.573. The zero-order chi connectivity index (χ0) is 16.5. The van der Waals surface area contributed by atoms with Crippen LogP contribution in [0.25, 0.3) is 11.0 Å². The first-order valence-corrected chi connectivity index (χ1v) is 8.04. The van der Waals surface area contributed by atoms with Crippen molar-refractivity contribution in [3.05, 3.63) is 65.2 Å². The molecule has 0 unspecified atom stereocenters. The number of nitrogens with zero attached hydrogens (tertiary/aromatic N) is 1. The van der Waals surface area contributed by atoms with Crippen LogP contribution in [-0.4, -0.2) is 26.8 Å². The van der Waals surface area contributed by atoms with Crippen LogP contribution in [-0.2, 0) is 12.8 Å². The first kappa shape index (κ1) is 15.0. The summed E-state index contributed by atoms with van der Waals surface area (Å²) in [7, 11) is 5.97. The Hall–Kier alpha value is -2.56. The third kappa shape index (κ3) is 2.71. The number of hydrogen-bond acceptors (Lipinski definition) is 3. The van der Waals surface area contributed by atoms with Crippen LogP contribution in [0.3, 0.4) is 0 Å². The van der Waals surface area contributed by atoms with E-state index in [2.05, 4.69) is 10.3 Å². The van der Waals surface area contributed by atoms with E-state index >= 15 is 0 Å². The second-order valence-electron chi connectivity index (χ2n) is 5.94. The van der Waals surface area contributed by atoms with Crippen LogP contribution < -0.4 is 10.8 Å². The lowest BCUT2D eigenvalue weighted by atomic mass is 9.90. The van der Waals surface area contributed by atoms with E-state index in [-0.39, 0.29) is 5.82 Å². The van der Waals surface area contributed by atoms with Crippen LogP contribution in [0, 0.1) is 5.82 Å². The molecule has 0 amide bonds. The molecule has 0 saturated heterocycles. The minimum Gasteiger partial charge on any atom is -0.464 e. The lowest BCUT2D eigenvalue weighted by molar-refractivity contribution is 0.601. The average molecular weight is 318 g/mol. The Kier molecular flexibility index (Phi) is 3.85. The van der Waals surface area contributed by atoms with Crippen molar-refractivity contribution in [2.24, 2.45) is 4.99 Å². The summed E-state index contributed by atoms with van der Waals surface area (Å²) in [6.45, 7) is 1.53. The highest BCUT2D eigenvalue weighted by Gasteiger charge is 2.16. The van der Waals surface area contributed by atoms with Crippen molar-refractivity contribution < 1.29 is 8.81 Å². The summed E-state index contributed by atoms with van der Waals surface area (Å²) in [5, 5.41) is 4.19. The van der Waals surface area contributed by atoms with E-state index in [1.807, 2.05) is 24.3 Å². The Labute approximate surface area is 141 Å². The molecular weight excluding hydrogens is 302 g/mol. The summed E-state index contributed by atoms with van der Waals surface area (Å²) >= 11 is 0. The molecule has 3 nitrogen and oxygen atoms in total. The van der Waals surface area contributed by atoms with Gasteiger partial charge in [-0.1, -0.05) is 29.7 Å². The van der Waals surface area contributed by atoms with Gasteiger partial charge < -0.3 is 9.73 Å². The van der Waals surface area contributed by atoms with Gasteiger partial charge in [0.1, 0.15) is 25.1 Å². The van der Waals surface area contributed by atoms with E-state index in [9.17, 15) is 4.39 Å². The molecule has 0 spiro atoms. The van der Waals surface area contributed by atoms with Crippen molar-refractivity contribution in [1.82, 2.24) is 5.32 Å². The van der Waals surface area contributed by atoms with Gasteiger partial charge in [-0.25, -0.2) is 4.39 Å². The van der Waals surface area contributed by atoms with Gasteiger partial charge in [-0.05, 0) is 36.1 Å². The minimum atomic E-state index is -0.205. The van der Waals surface area contributed by atoms with Crippen LogP contribution in [0.5, 0.6) is 0 Å². The molecule has 1 aliphatic heterocycles. The molecule has 0 atom stereocenters. The predicted octanol–water partition coefficient (Wildman–Crippen LogP) is 2.50. The van der Waals surface area contributed by atoms with E-state index in [0.717, 1.165) is 41.0 Å². The Morgan fingerprint density at radius 2 is 2.12 bits per heavy atom. The fourth-order valence-corrected chi connectivity index (χ4v) is 3.24. The van der Waals surface area contributed by atoms with Crippen LogP contribution >= 0.6 is 0 Å². The molecule has 5 heteroatoms. The molecule has 0 bridgehead atoms. The van der Waals surface area contributed by atoms with Crippen LogP contribution in [0.1, 0.15) is 16.7 Å². The largest absolute Gasteiger partial charge is 0.464 e. The highest BCUT2D eigenvalue weighted by Crippen LogP contribution is 2.22. The zero-order valence-electron chi connectivity index (χ0n) is 13.2. The highest BCUT2D eigenvalue weighted by molar-refractivity contribution is 6.33. The normalized spacial score (nSPS) is 14.0. The number of rotatable bonds is 4. The number of furan rings is 1. The van der Waals surface area contributed by atoms with E-state index in [1.54, 1.807) is 12.3 Å². The molecule has 4 rings (SSSR count). The fourth-order valence-electron chi connectivity index (χ4n) is 3.24. The smallest absolute Gasteiger partial charge is 0.136 e. The first-order valence-electron chi connectivity index (χ1n) is 8.04. The molecule has 1 aromatic heterocycles. The Bertz CT molecular complexity index is 932. The van der Waals surface area contributed by atoms with Gasteiger partial charge in [-0.15, -0.1) is 0 Å². The molecule has 2 radical (unpaired) electrons. The standard InChI is InChI=1S/C19H16BFN2O/c20-14-10-12(18-13(11-14)6-9-24-18)4-5-15-16(2-1-3-17(15)21)19-22-7-8-23-19/h1-3,6,9-11H,4-5,7-8H2,(H,22,23). The average Bonchev–Trinajstić information content (AvgIpc) is 3.24. The quantitative estimate of drug-likeness (QED) is 0.751. The molecule has 3 aromatic rings. The number of benzene rings is 2. The highest BCUT2D eigenvalue weighted by atomic mass is 19.1. The number of hydrogen-bond donors (Lipinski definition) is 1. The van der Waals surface area contributed by atoms with Gasteiger partial charge in [0.15, 0.2) is 0 Å². The van der Waals surface area contributed by atoms with Crippen molar-refractivity contribution in [2.75, 3.05) is 13.1 Å². The summed E-state index contributed by atoms with van der Waals surface area (Å²) < 4.78 is 20.0. The van der Waals surface area contributed by atoms with Crippen molar-refractivity contribution in [3.63, 3.8) is 0 Å². The Morgan fingerprint density at radius 1 is 1.21 bits per heavy atom. The van der Waals surface area contributed by atoms with E-state index < -0.39 is 0 Å². The van der Waals surface area contributed by atoms with Crippen LogP contribution in [0.4, 0.5) is 4.39 Å². The molecule has 2 aromatic carbocycles. The maximum atomic E-state index is 14.4. The summed E-state index contributed by atoms with van der Waals surface area (Å²) in [4.78, 5) is 4.42. The van der Waals surface area contributed by atoms with Gasteiger partial charge >= 0.3 is 0 Å². The summed E-state index contributed by atoms with van der Waals surface area (Å²) in [6, 6.07) is 10.8. The zero-order valence-corrected chi connectivity index (χ0v) is 13.2. The number of aliphatic imine (C=N–C) groups is 1. The number of halogens is 1. The number of nitrogens with one attached hydrogen (secondary N) is 1. The maximum absolute atomic E-state index is 14.4. The molecule has 0 saturated carbocycles. The molecular formula is C19H16BFN2O. The van der Waals surface area contributed by atoms with E-state index in [0.29, 0.717) is 23.9 Å².